The van der Waals surface area contributed by atoms with E-state index in [9.17, 15) is 18.0 Å². The van der Waals surface area contributed by atoms with Crippen molar-refractivity contribution in [2.75, 3.05) is 0 Å². The monoisotopic (exact) mass is 385 g/mol. The molecule has 1 N–H and O–H groups in total. The number of carbonyl (C=O) groups is 1. The van der Waals surface area contributed by atoms with Gasteiger partial charge in [-0.05, 0) is 54.5 Å². The van der Waals surface area contributed by atoms with Crippen LogP contribution in [0.25, 0.3) is 0 Å². The van der Waals surface area contributed by atoms with Gasteiger partial charge in [-0.25, -0.2) is 4.98 Å². The summed E-state index contributed by atoms with van der Waals surface area (Å²) >= 11 is 5.86. The van der Waals surface area contributed by atoms with Crippen LogP contribution in [0.4, 0.5) is 13.2 Å². The Labute approximate surface area is 152 Å². The van der Waals surface area contributed by atoms with Crippen LogP contribution in [0.2, 0.25) is 5.02 Å². The van der Waals surface area contributed by atoms with Crippen molar-refractivity contribution in [1.82, 2.24) is 4.98 Å². The van der Waals surface area contributed by atoms with Gasteiger partial charge in [-0.3, -0.25) is 4.79 Å². The lowest BCUT2D eigenvalue weighted by Gasteiger charge is -2.24. The predicted octanol–water partition coefficient (Wildman–Crippen LogP) is 5.44. The summed E-state index contributed by atoms with van der Waals surface area (Å²) in [7, 11) is 0. The van der Waals surface area contributed by atoms with E-state index >= 15 is 0 Å². The van der Waals surface area contributed by atoms with Crippen molar-refractivity contribution < 1.29 is 27.8 Å². The molecule has 1 aromatic carbocycles. The van der Waals surface area contributed by atoms with E-state index in [0.29, 0.717) is 11.9 Å². The number of carboxylic acid groups (broad SMARTS) is 1. The lowest BCUT2D eigenvalue weighted by Crippen LogP contribution is -2.13. The average molecular weight is 386 g/mol. The van der Waals surface area contributed by atoms with Crippen LogP contribution in [0.3, 0.4) is 0 Å². The van der Waals surface area contributed by atoms with Gasteiger partial charge in [0.15, 0.2) is 0 Å². The quantitative estimate of drug-likeness (QED) is 0.761. The van der Waals surface area contributed by atoms with Crippen LogP contribution in [0.1, 0.15) is 41.9 Å². The zero-order chi connectivity index (χ0) is 18.9. The highest BCUT2D eigenvalue weighted by atomic mass is 35.5. The number of benzene rings is 1. The maximum Gasteiger partial charge on any atom is 0.417 e. The summed E-state index contributed by atoms with van der Waals surface area (Å²) < 4.78 is 43.5. The zero-order valence-electron chi connectivity index (χ0n) is 13.5. The summed E-state index contributed by atoms with van der Waals surface area (Å²) in [6, 6.07) is 5.98. The SMILES string of the molecule is O=C(O)CC1CCCc2cc(Oc3ncc(C(F)(F)F)cc3Cl)ccc21. The molecule has 138 valence electrons. The topological polar surface area (TPSA) is 59.4 Å². The van der Waals surface area contributed by atoms with Crippen LogP contribution in [-0.4, -0.2) is 16.1 Å². The molecule has 1 aliphatic carbocycles. The van der Waals surface area contributed by atoms with Crippen molar-refractivity contribution in [3.63, 3.8) is 0 Å². The number of fused-ring (bicyclic) bond motifs is 1. The molecule has 2 aromatic rings. The molecule has 0 aliphatic heterocycles. The zero-order valence-corrected chi connectivity index (χ0v) is 14.3. The Balaban J connectivity index is 1.82. The highest BCUT2D eigenvalue weighted by molar-refractivity contribution is 6.31. The maximum absolute atomic E-state index is 12.7. The second-order valence-electron chi connectivity index (χ2n) is 6.16. The minimum absolute atomic E-state index is 0.0434. The maximum atomic E-state index is 12.7. The number of pyridine rings is 1. The van der Waals surface area contributed by atoms with Gasteiger partial charge >= 0.3 is 12.1 Å². The molecular weight excluding hydrogens is 371 g/mol. The van der Waals surface area contributed by atoms with Gasteiger partial charge in [0.05, 0.1) is 12.0 Å². The van der Waals surface area contributed by atoms with E-state index in [1.165, 1.54) is 0 Å². The number of halogens is 4. The van der Waals surface area contributed by atoms with Gasteiger partial charge in [0.25, 0.3) is 0 Å². The summed E-state index contributed by atoms with van der Waals surface area (Å²) in [6.07, 6.45) is -1.32. The number of hydrogen-bond acceptors (Lipinski definition) is 3. The smallest absolute Gasteiger partial charge is 0.417 e. The molecule has 8 heteroatoms. The molecule has 1 atom stereocenters. The fourth-order valence-corrected chi connectivity index (χ4v) is 3.35. The lowest BCUT2D eigenvalue weighted by molar-refractivity contribution is -0.138. The first-order valence-electron chi connectivity index (χ1n) is 7.99. The molecular formula is C18H15ClF3NO3. The van der Waals surface area contributed by atoms with E-state index in [2.05, 4.69) is 4.98 Å². The van der Waals surface area contributed by atoms with Crippen molar-refractivity contribution >= 4 is 17.6 Å². The summed E-state index contributed by atoms with van der Waals surface area (Å²) in [6.45, 7) is 0. The molecule has 1 aliphatic rings. The predicted molar refractivity (Wildman–Crippen MR) is 88.7 cm³/mol. The number of nitrogens with zero attached hydrogens (tertiary/aromatic N) is 1. The first-order chi connectivity index (χ1) is 12.2. The molecule has 4 nitrogen and oxygen atoms in total. The number of aryl methyl sites for hydroxylation is 1. The number of hydrogen-bond donors (Lipinski definition) is 1. The summed E-state index contributed by atoms with van der Waals surface area (Å²) in [5, 5.41) is 8.79. The Bertz CT molecular complexity index is 839. The van der Waals surface area contributed by atoms with Crippen molar-refractivity contribution in [3.05, 3.63) is 52.2 Å². The Morgan fingerprint density at radius 3 is 2.77 bits per heavy atom. The number of aromatic nitrogens is 1. The number of alkyl halides is 3. The molecule has 0 saturated carbocycles. The van der Waals surface area contributed by atoms with E-state index in [1.807, 2.05) is 0 Å². The number of carboxylic acids is 1. The lowest BCUT2D eigenvalue weighted by atomic mass is 9.81. The Morgan fingerprint density at radius 2 is 2.12 bits per heavy atom. The molecule has 1 aromatic heterocycles. The van der Waals surface area contributed by atoms with Crippen molar-refractivity contribution in [1.29, 1.82) is 0 Å². The molecule has 1 heterocycles. The van der Waals surface area contributed by atoms with Crippen LogP contribution < -0.4 is 4.74 Å². The standard InChI is InChI=1S/C18H15ClF3NO3/c19-15-8-12(18(20,21)22)9-23-17(15)26-13-4-5-14-10(6-13)2-1-3-11(14)7-16(24)25/h4-6,8-9,11H,1-3,7H2,(H,24,25). The van der Waals surface area contributed by atoms with Gasteiger partial charge in [0.1, 0.15) is 10.8 Å². The fraction of sp³-hybridized carbons (Fsp3) is 0.333. The van der Waals surface area contributed by atoms with Crippen LogP contribution in [-0.2, 0) is 17.4 Å². The Kier molecular flexibility index (Phi) is 5.09. The molecule has 0 spiro atoms. The van der Waals surface area contributed by atoms with Gasteiger partial charge in [0, 0.05) is 6.20 Å². The first-order valence-corrected chi connectivity index (χ1v) is 8.37. The van der Waals surface area contributed by atoms with Crippen LogP contribution in [0.5, 0.6) is 11.6 Å². The fourth-order valence-electron chi connectivity index (χ4n) is 3.14. The third kappa shape index (κ3) is 4.09. The van der Waals surface area contributed by atoms with Crippen molar-refractivity contribution in [3.8, 4) is 11.6 Å². The van der Waals surface area contributed by atoms with E-state index in [1.54, 1.807) is 18.2 Å². The molecule has 0 amide bonds. The van der Waals surface area contributed by atoms with Crippen molar-refractivity contribution in [2.45, 2.75) is 37.8 Å². The third-order valence-electron chi connectivity index (χ3n) is 4.32. The minimum atomic E-state index is -4.53. The van der Waals surface area contributed by atoms with E-state index in [0.717, 1.165) is 36.5 Å². The second-order valence-corrected chi connectivity index (χ2v) is 6.57. The number of rotatable bonds is 4. The van der Waals surface area contributed by atoms with Gasteiger partial charge in [0.2, 0.25) is 5.88 Å². The summed E-state index contributed by atoms with van der Waals surface area (Å²) in [4.78, 5) is 14.6. The molecule has 0 saturated heterocycles. The third-order valence-corrected chi connectivity index (χ3v) is 4.59. The molecule has 0 fully saturated rings. The van der Waals surface area contributed by atoms with E-state index in [-0.39, 0.29) is 23.2 Å². The molecule has 1 unspecified atom stereocenters. The van der Waals surface area contributed by atoms with Gasteiger partial charge in [-0.2, -0.15) is 13.2 Å². The highest BCUT2D eigenvalue weighted by Crippen LogP contribution is 2.38. The summed E-state index contributed by atoms with van der Waals surface area (Å²) in [5.74, 6) is -0.603. The minimum Gasteiger partial charge on any atom is -0.481 e. The first kappa shape index (κ1) is 18.5. The normalized spacial score (nSPS) is 16.8. The highest BCUT2D eigenvalue weighted by Gasteiger charge is 2.32. The Morgan fingerprint density at radius 1 is 1.35 bits per heavy atom. The Hall–Kier alpha value is -2.28. The number of ether oxygens (including phenoxy) is 1. The molecule has 3 rings (SSSR count). The molecule has 0 bridgehead atoms. The van der Waals surface area contributed by atoms with Crippen molar-refractivity contribution in [2.24, 2.45) is 0 Å². The van der Waals surface area contributed by atoms with E-state index in [4.69, 9.17) is 21.4 Å². The molecule has 26 heavy (non-hydrogen) atoms. The number of aliphatic carboxylic acids is 1. The van der Waals surface area contributed by atoms with Gasteiger partial charge in [-0.1, -0.05) is 17.7 Å². The second kappa shape index (κ2) is 7.15. The van der Waals surface area contributed by atoms with Crippen LogP contribution in [0.15, 0.2) is 30.5 Å². The van der Waals surface area contributed by atoms with E-state index < -0.39 is 17.7 Å². The summed E-state index contributed by atoms with van der Waals surface area (Å²) in [5.41, 5.74) is 0.998. The van der Waals surface area contributed by atoms with Gasteiger partial charge in [-0.15, -0.1) is 0 Å². The van der Waals surface area contributed by atoms with Gasteiger partial charge < -0.3 is 9.84 Å². The largest absolute Gasteiger partial charge is 0.481 e. The van der Waals surface area contributed by atoms with Crippen LogP contribution >= 0.6 is 11.6 Å². The molecule has 0 radical (unpaired) electrons. The van der Waals surface area contributed by atoms with Crippen LogP contribution in [0, 0.1) is 0 Å². The average Bonchev–Trinajstić information content (AvgIpc) is 2.55.